The van der Waals surface area contributed by atoms with E-state index in [4.69, 9.17) is 9.47 Å². The van der Waals surface area contributed by atoms with Crippen LogP contribution in [-0.4, -0.2) is 41.6 Å². The minimum atomic E-state index is -0.0712. The fourth-order valence-corrected chi connectivity index (χ4v) is 3.80. The predicted molar refractivity (Wildman–Crippen MR) is 105 cm³/mol. The molecule has 1 aromatic heterocycles. The van der Waals surface area contributed by atoms with Gasteiger partial charge in [0.1, 0.15) is 0 Å². The SMILES string of the molecule is COc1ccc(CNC(=O)CSc2nnc(NC(C)(C)C)s2)cc1OC. The highest BCUT2D eigenvalue weighted by Gasteiger charge is 2.14. The van der Waals surface area contributed by atoms with Gasteiger partial charge in [-0.2, -0.15) is 0 Å². The highest BCUT2D eigenvalue weighted by molar-refractivity contribution is 8.01. The Morgan fingerprint density at radius 2 is 1.92 bits per heavy atom. The van der Waals surface area contributed by atoms with Crippen LogP contribution in [0.3, 0.4) is 0 Å². The van der Waals surface area contributed by atoms with Crippen molar-refractivity contribution in [3.8, 4) is 11.5 Å². The second-order valence-electron chi connectivity index (χ2n) is 6.50. The number of benzene rings is 1. The predicted octanol–water partition coefficient (Wildman–Crippen LogP) is 3.17. The molecule has 1 aromatic carbocycles. The number of carbonyl (C=O) groups excluding carboxylic acids is 1. The number of aromatic nitrogens is 2. The minimum absolute atomic E-state index is 0.0645. The van der Waals surface area contributed by atoms with Crippen LogP contribution in [0.5, 0.6) is 11.5 Å². The normalized spacial score (nSPS) is 11.1. The molecule has 0 saturated heterocycles. The van der Waals surface area contributed by atoms with Crippen LogP contribution in [0.15, 0.2) is 22.5 Å². The van der Waals surface area contributed by atoms with Crippen LogP contribution in [0.25, 0.3) is 0 Å². The Morgan fingerprint density at radius 3 is 2.58 bits per heavy atom. The number of hydrogen-bond acceptors (Lipinski definition) is 8. The molecule has 0 aliphatic heterocycles. The number of nitrogens with zero attached hydrogens (tertiary/aromatic N) is 2. The van der Waals surface area contributed by atoms with Gasteiger partial charge < -0.3 is 20.1 Å². The molecule has 2 N–H and O–H groups in total. The largest absolute Gasteiger partial charge is 0.493 e. The highest BCUT2D eigenvalue weighted by atomic mass is 32.2. The van der Waals surface area contributed by atoms with E-state index in [9.17, 15) is 4.79 Å². The summed E-state index contributed by atoms with van der Waals surface area (Å²) in [6.07, 6.45) is 0. The first-order valence-corrected chi connectivity index (χ1v) is 9.83. The van der Waals surface area contributed by atoms with Gasteiger partial charge in [0, 0.05) is 12.1 Å². The Morgan fingerprint density at radius 1 is 1.19 bits per heavy atom. The van der Waals surface area contributed by atoms with E-state index in [-0.39, 0.29) is 17.2 Å². The first kappa shape index (κ1) is 20.3. The Hall–Kier alpha value is -2.00. The summed E-state index contributed by atoms with van der Waals surface area (Å²) in [6.45, 7) is 6.60. The average molecular weight is 397 g/mol. The molecule has 1 amide bonds. The van der Waals surface area contributed by atoms with Crippen LogP contribution >= 0.6 is 23.1 Å². The van der Waals surface area contributed by atoms with E-state index in [0.717, 1.165) is 15.0 Å². The van der Waals surface area contributed by atoms with Crippen molar-refractivity contribution in [1.82, 2.24) is 15.5 Å². The highest BCUT2D eigenvalue weighted by Crippen LogP contribution is 2.28. The second kappa shape index (κ2) is 9.09. The molecule has 1 heterocycles. The average Bonchev–Trinajstić information content (AvgIpc) is 3.03. The van der Waals surface area contributed by atoms with E-state index in [0.29, 0.717) is 18.0 Å². The quantitative estimate of drug-likeness (QED) is 0.663. The van der Waals surface area contributed by atoms with Gasteiger partial charge >= 0.3 is 0 Å². The van der Waals surface area contributed by atoms with Crippen molar-refractivity contribution in [3.63, 3.8) is 0 Å². The Kier molecular flexibility index (Phi) is 7.10. The molecular formula is C17H24N4O3S2. The van der Waals surface area contributed by atoms with Crippen molar-refractivity contribution >= 4 is 34.1 Å². The zero-order valence-electron chi connectivity index (χ0n) is 15.6. The molecular weight excluding hydrogens is 372 g/mol. The van der Waals surface area contributed by atoms with Crippen molar-refractivity contribution in [1.29, 1.82) is 0 Å². The molecule has 9 heteroatoms. The maximum Gasteiger partial charge on any atom is 0.230 e. The molecule has 0 spiro atoms. The summed E-state index contributed by atoms with van der Waals surface area (Å²) in [7, 11) is 3.17. The van der Waals surface area contributed by atoms with E-state index in [2.05, 4.69) is 41.6 Å². The molecule has 0 unspecified atom stereocenters. The number of hydrogen-bond donors (Lipinski definition) is 2. The molecule has 0 aliphatic carbocycles. The number of rotatable bonds is 8. The van der Waals surface area contributed by atoms with E-state index in [1.165, 1.54) is 23.1 Å². The maximum absolute atomic E-state index is 12.1. The van der Waals surface area contributed by atoms with Gasteiger partial charge in [-0.05, 0) is 38.5 Å². The van der Waals surface area contributed by atoms with E-state index in [1.54, 1.807) is 14.2 Å². The maximum atomic E-state index is 12.1. The fourth-order valence-electron chi connectivity index (χ4n) is 2.01. The molecule has 26 heavy (non-hydrogen) atoms. The molecule has 0 saturated carbocycles. The number of amides is 1. The Bertz CT molecular complexity index is 744. The third-order valence-corrected chi connectivity index (χ3v) is 5.12. The van der Waals surface area contributed by atoms with Crippen LogP contribution in [0.1, 0.15) is 26.3 Å². The molecule has 0 bridgehead atoms. The zero-order chi connectivity index (χ0) is 19.2. The van der Waals surface area contributed by atoms with Crippen molar-refractivity contribution in [2.45, 2.75) is 37.2 Å². The van der Waals surface area contributed by atoms with Gasteiger partial charge in [-0.3, -0.25) is 4.79 Å². The Labute approximate surface area is 161 Å². The summed E-state index contributed by atoms with van der Waals surface area (Å²) in [5.41, 5.74) is 0.867. The van der Waals surface area contributed by atoms with Gasteiger partial charge in [0.2, 0.25) is 11.0 Å². The lowest BCUT2D eigenvalue weighted by atomic mass is 10.1. The molecule has 2 rings (SSSR count). The van der Waals surface area contributed by atoms with Gasteiger partial charge in [-0.15, -0.1) is 10.2 Å². The van der Waals surface area contributed by atoms with Gasteiger partial charge in [-0.25, -0.2) is 0 Å². The summed E-state index contributed by atoms with van der Waals surface area (Å²) < 4.78 is 11.2. The lowest BCUT2D eigenvalue weighted by molar-refractivity contribution is -0.118. The number of carbonyl (C=O) groups is 1. The molecule has 0 aliphatic rings. The summed E-state index contributed by atoms with van der Waals surface area (Å²) in [5, 5.41) is 15.1. The number of anilines is 1. The lowest BCUT2D eigenvalue weighted by Gasteiger charge is -2.18. The number of thioether (sulfide) groups is 1. The number of ether oxygens (including phenoxy) is 2. The molecule has 142 valence electrons. The van der Waals surface area contributed by atoms with Crippen molar-refractivity contribution in [3.05, 3.63) is 23.8 Å². The fraction of sp³-hybridized carbons (Fsp3) is 0.471. The molecule has 2 aromatic rings. The third-order valence-electron chi connectivity index (χ3n) is 3.15. The van der Waals surface area contributed by atoms with Gasteiger partial charge in [0.25, 0.3) is 0 Å². The molecule has 0 radical (unpaired) electrons. The standard InChI is InChI=1S/C17H24N4O3S2/c1-17(2,3)19-15-20-21-16(26-15)25-10-14(22)18-9-11-6-7-12(23-4)13(8-11)24-5/h6-8H,9-10H2,1-5H3,(H,18,22)(H,19,20). The topological polar surface area (TPSA) is 85.4 Å². The molecule has 7 nitrogen and oxygen atoms in total. The van der Waals surface area contributed by atoms with Crippen LogP contribution in [0.4, 0.5) is 5.13 Å². The third kappa shape index (κ3) is 6.38. The summed E-state index contributed by atoms with van der Waals surface area (Å²) in [6, 6.07) is 5.56. The zero-order valence-corrected chi connectivity index (χ0v) is 17.2. The smallest absolute Gasteiger partial charge is 0.230 e. The summed E-state index contributed by atoms with van der Waals surface area (Å²) >= 11 is 2.82. The monoisotopic (exact) mass is 396 g/mol. The van der Waals surface area contributed by atoms with Crippen LogP contribution in [0, 0.1) is 0 Å². The van der Waals surface area contributed by atoms with Gasteiger partial charge in [0.15, 0.2) is 15.8 Å². The lowest BCUT2D eigenvalue weighted by Crippen LogP contribution is -2.25. The first-order valence-electron chi connectivity index (χ1n) is 8.03. The molecule has 0 atom stereocenters. The van der Waals surface area contributed by atoms with E-state index < -0.39 is 0 Å². The number of methoxy groups -OCH3 is 2. The minimum Gasteiger partial charge on any atom is -0.493 e. The van der Waals surface area contributed by atoms with Gasteiger partial charge in [-0.1, -0.05) is 29.2 Å². The Balaban J connectivity index is 1.81. The van der Waals surface area contributed by atoms with Crippen LogP contribution in [-0.2, 0) is 11.3 Å². The van der Waals surface area contributed by atoms with Crippen molar-refractivity contribution < 1.29 is 14.3 Å². The van der Waals surface area contributed by atoms with Crippen LogP contribution < -0.4 is 20.1 Å². The van der Waals surface area contributed by atoms with Crippen molar-refractivity contribution in [2.75, 3.05) is 25.3 Å². The first-order chi connectivity index (χ1) is 12.3. The van der Waals surface area contributed by atoms with Crippen molar-refractivity contribution in [2.24, 2.45) is 0 Å². The van der Waals surface area contributed by atoms with E-state index >= 15 is 0 Å². The summed E-state index contributed by atoms with van der Waals surface area (Å²) in [5.74, 6) is 1.53. The molecule has 0 fully saturated rings. The van der Waals surface area contributed by atoms with Gasteiger partial charge in [0.05, 0.1) is 20.0 Å². The second-order valence-corrected chi connectivity index (χ2v) is 8.70. The van der Waals surface area contributed by atoms with E-state index in [1.807, 2.05) is 18.2 Å². The summed E-state index contributed by atoms with van der Waals surface area (Å²) in [4.78, 5) is 12.1. The number of nitrogens with one attached hydrogen (secondary N) is 2. The van der Waals surface area contributed by atoms with Crippen LogP contribution in [0.2, 0.25) is 0 Å².